The van der Waals surface area contributed by atoms with Crippen molar-refractivity contribution in [3.63, 3.8) is 0 Å². The third kappa shape index (κ3) is 11.8. The second-order valence-corrected chi connectivity index (χ2v) is 4.34. The highest BCUT2D eigenvalue weighted by atomic mass is 31.2. The van der Waals surface area contributed by atoms with Crippen LogP contribution in [0.15, 0.2) is 0 Å². The van der Waals surface area contributed by atoms with E-state index in [0.29, 0.717) is 18.5 Å². The molecular formula is C9H21N2O4P. The molecule has 0 saturated heterocycles. The first-order valence-electron chi connectivity index (χ1n) is 4.98. The molecule has 7 heteroatoms. The van der Waals surface area contributed by atoms with E-state index < -0.39 is 8.60 Å². The minimum absolute atomic E-state index is 0.545. The highest BCUT2D eigenvalue weighted by Gasteiger charge is 2.11. The van der Waals surface area contributed by atoms with Crippen LogP contribution in [0.25, 0.3) is 0 Å². The predicted molar refractivity (Wildman–Crippen MR) is 62.3 cm³/mol. The summed E-state index contributed by atoms with van der Waals surface area (Å²) in [4.78, 5) is 17.3. The van der Waals surface area contributed by atoms with Gasteiger partial charge in [0, 0.05) is 25.0 Å². The monoisotopic (exact) mass is 252 g/mol. The van der Waals surface area contributed by atoms with Crippen molar-refractivity contribution in [3.8, 4) is 6.07 Å². The Balaban J connectivity index is 0. The van der Waals surface area contributed by atoms with Crippen LogP contribution in [0.1, 0.15) is 34.1 Å². The van der Waals surface area contributed by atoms with Crippen molar-refractivity contribution >= 4 is 8.60 Å². The zero-order valence-electron chi connectivity index (χ0n) is 10.2. The van der Waals surface area contributed by atoms with Gasteiger partial charge in [0.25, 0.3) is 0 Å². The summed E-state index contributed by atoms with van der Waals surface area (Å²) in [6.45, 7) is 9.55. The molecule has 0 aromatic carbocycles. The lowest BCUT2D eigenvalue weighted by molar-refractivity contribution is -0.146. The fraction of sp³-hybridized carbons (Fsp3) is 0.889. The zero-order chi connectivity index (χ0) is 13.1. The molecule has 6 nitrogen and oxygen atoms in total. The zero-order valence-corrected chi connectivity index (χ0v) is 11.1. The van der Waals surface area contributed by atoms with Crippen molar-refractivity contribution in [1.82, 2.24) is 4.90 Å². The topological polar surface area (TPSA) is 97.0 Å². The molecule has 0 radical (unpaired) electrons. The number of rotatable bonds is 5. The van der Waals surface area contributed by atoms with Crippen LogP contribution in [0.4, 0.5) is 0 Å². The Hall–Kier alpha value is -0.280. The summed E-state index contributed by atoms with van der Waals surface area (Å²) < 4.78 is 2.93. The summed E-state index contributed by atoms with van der Waals surface area (Å²) in [6.07, 6.45) is 0.635. The number of nitrogens with zero attached hydrogens (tertiary/aromatic N) is 2. The SMILES string of the molecule is CC(C)N(CCC#N)C(C)C.OOP(O)O. The molecule has 0 atom stereocenters. The van der Waals surface area contributed by atoms with Gasteiger partial charge in [-0.15, -0.1) is 0 Å². The van der Waals surface area contributed by atoms with Crippen LogP contribution < -0.4 is 0 Å². The Morgan fingerprint density at radius 3 is 1.81 bits per heavy atom. The maximum atomic E-state index is 8.40. The van der Waals surface area contributed by atoms with Gasteiger partial charge in [0.1, 0.15) is 0 Å². The van der Waals surface area contributed by atoms with Crippen molar-refractivity contribution in [3.05, 3.63) is 0 Å². The van der Waals surface area contributed by atoms with Crippen molar-refractivity contribution in [2.75, 3.05) is 6.54 Å². The molecule has 0 unspecified atom stereocenters. The molecule has 0 aromatic rings. The van der Waals surface area contributed by atoms with Gasteiger partial charge < -0.3 is 9.79 Å². The van der Waals surface area contributed by atoms with E-state index in [2.05, 4.69) is 43.3 Å². The van der Waals surface area contributed by atoms with Gasteiger partial charge in [-0.05, 0) is 27.7 Å². The van der Waals surface area contributed by atoms with E-state index in [9.17, 15) is 0 Å². The Bertz CT molecular complexity index is 186. The third-order valence-electron chi connectivity index (χ3n) is 1.88. The van der Waals surface area contributed by atoms with Gasteiger partial charge in [0.2, 0.25) is 0 Å². The molecule has 3 N–H and O–H groups in total. The van der Waals surface area contributed by atoms with Crippen molar-refractivity contribution in [2.24, 2.45) is 0 Å². The van der Waals surface area contributed by atoms with Crippen molar-refractivity contribution < 1.29 is 19.7 Å². The first-order valence-corrected chi connectivity index (χ1v) is 6.15. The summed E-state index contributed by atoms with van der Waals surface area (Å²) in [5.74, 6) is 0. The van der Waals surface area contributed by atoms with Crippen LogP contribution in [0, 0.1) is 11.3 Å². The van der Waals surface area contributed by atoms with E-state index in [1.165, 1.54) is 0 Å². The molecule has 0 aliphatic carbocycles. The van der Waals surface area contributed by atoms with Crippen LogP contribution in [-0.2, 0) is 4.67 Å². The highest BCUT2D eigenvalue weighted by molar-refractivity contribution is 7.39. The maximum absolute atomic E-state index is 8.40. The van der Waals surface area contributed by atoms with Crippen LogP contribution >= 0.6 is 8.60 Å². The molecule has 0 aliphatic rings. The molecule has 16 heavy (non-hydrogen) atoms. The van der Waals surface area contributed by atoms with Gasteiger partial charge in [0.15, 0.2) is 0 Å². The lowest BCUT2D eigenvalue weighted by Gasteiger charge is -2.29. The average Bonchev–Trinajstić information content (AvgIpc) is 2.18. The molecule has 0 fully saturated rings. The second kappa shape index (κ2) is 11.2. The molecule has 0 heterocycles. The Morgan fingerprint density at radius 1 is 1.25 bits per heavy atom. The molecule has 96 valence electrons. The molecule has 0 saturated carbocycles. The normalized spacial score (nSPS) is 10.6. The van der Waals surface area contributed by atoms with Gasteiger partial charge in [-0.1, -0.05) is 0 Å². The summed E-state index contributed by atoms with van der Waals surface area (Å²) >= 11 is 0. The minimum Gasteiger partial charge on any atom is -0.327 e. The average molecular weight is 252 g/mol. The Kier molecular flexibility index (Phi) is 12.7. The molecular weight excluding hydrogens is 231 g/mol. The van der Waals surface area contributed by atoms with E-state index in [1.807, 2.05) is 0 Å². The smallest absolute Gasteiger partial charge is 0.327 e. The van der Waals surface area contributed by atoms with Crippen LogP contribution in [0.5, 0.6) is 0 Å². The fourth-order valence-electron chi connectivity index (χ4n) is 1.29. The van der Waals surface area contributed by atoms with Crippen LogP contribution in [0.3, 0.4) is 0 Å². The predicted octanol–water partition coefficient (Wildman–Crippen LogP) is 1.71. The first kappa shape index (κ1) is 18.1. The Labute approximate surface area is 98.0 Å². The molecule has 0 aliphatic heterocycles. The van der Waals surface area contributed by atoms with E-state index in [1.54, 1.807) is 0 Å². The molecule has 0 spiro atoms. The lowest BCUT2D eigenvalue weighted by atomic mass is 10.2. The van der Waals surface area contributed by atoms with Gasteiger partial charge in [-0.3, -0.25) is 4.90 Å². The lowest BCUT2D eigenvalue weighted by Crippen LogP contribution is -2.37. The van der Waals surface area contributed by atoms with Gasteiger partial charge >= 0.3 is 8.60 Å². The minimum atomic E-state index is -2.54. The maximum Gasteiger partial charge on any atom is 0.357 e. The number of hydrogen-bond donors (Lipinski definition) is 3. The standard InChI is InChI=1S/C9H18N2.H3O4P/c1-8(2)11(9(3)4)7-5-6-10;1-4-5(2)3/h8-9H,5,7H2,1-4H3;1-3H. The van der Waals surface area contributed by atoms with Crippen molar-refractivity contribution in [2.45, 2.75) is 46.2 Å². The number of nitriles is 1. The quantitative estimate of drug-likeness (QED) is 0.391. The van der Waals surface area contributed by atoms with Gasteiger partial charge in [-0.2, -0.15) is 9.94 Å². The van der Waals surface area contributed by atoms with Crippen molar-refractivity contribution in [1.29, 1.82) is 5.26 Å². The molecule has 0 amide bonds. The summed E-state index contributed by atoms with van der Waals surface area (Å²) in [5.41, 5.74) is 0. The Morgan fingerprint density at radius 2 is 1.62 bits per heavy atom. The summed E-state index contributed by atoms with van der Waals surface area (Å²) in [5, 5.41) is 15.6. The summed E-state index contributed by atoms with van der Waals surface area (Å²) in [6, 6.07) is 3.26. The summed E-state index contributed by atoms with van der Waals surface area (Å²) in [7, 11) is -2.54. The van der Waals surface area contributed by atoms with Crippen LogP contribution in [0.2, 0.25) is 0 Å². The highest BCUT2D eigenvalue weighted by Crippen LogP contribution is 2.20. The van der Waals surface area contributed by atoms with Gasteiger partial charge in [-0.25, -0.2) is 5.26 Å². The van der Waals surface area contributed by atoms with Crippen LogP contribution in [-0.4, -0.2) is 38.6 Å². The molecule has 0 aromatic heterocycles. The van der Waals surface area contributed by atoms with Gasteiger partial charge in [0.05, 0.1) is 6.07 Å². The molecule has 0 bridgehead atoms. The number of hydrogen-bond acceptors (Lipinski definition) is 6. The second-order valence-electron chi connectivity index (χ2n) is 3.67. The van der Waals surface area contributed by atoms with E-state index >= 15 is 0 Å². The van der Waals surface area contributed by atoms with E-state index in [0.717, 1.165) is 6.54 Å². The largest absolute Gasteiger partial charge is 0.357 e. The third-order valence-corrected chi connectivity index (χ3v) is 2.03. The first-order chi connectivity index (χ1) is 7.36. The molecule has 0 rings (SSSR count). The van der Waals surface area contributed by atoms with E-state index in [4.69, 9.17) is 20.3 Å². The van der Waals surface area contributed by atoms with E-state index in [-0.39, 0.29) is 0 Å². The fourth-order valence-corrected chi connectivity index (χ4v) is 1.29.